The minimum Gasteiger partial charge on any atom is -0.444 e. The number of piperazine rings is 1. The van der Waals surface area contributed by atoms with Crippen LogP contribution in [0.1, 0.15) is 41.5 Å². The van der Waals surface area contributed by atoms with E-state index in [1.807, 2.05) is 41.5 Å². The fourth-order valence-corrected chi connectivity index (χ4v) is 2.02. The Hall–Kier alpha value is -1.50. The Kier molecular flexibility index (Phi) is 6.05. The van der Waals surface area contributed by atoms with Gasteiger partial charge in [-0.15, -0.1) is 0 Å². The summed E-state index contributed by atoms with van der Waals surface area (Å²) < 4.78 is 10.6. The second-order valence-corrected chi connectivity index (χ2v) is 7.41. The van der Waals surface area contributed by atoms with Gasteiger partial charge in [0.1, 0.15) is 11.2 Å². The van der Waals surface area contributed by atoms with E-state index in [1.54, 1.807) is 4.90 Å². The van der Waals surface area contributed by atoms with E-state index in [0.717, 1.165) is 0 Å². The summed E-state index contributed by atoms with van der Waals surface area (Å²) >= 11 is 0. The summed E-state index contributed by atoms with van der Waals surface area (Å²) in [6.45, 7) is 13.1. The van der Waals surface area contributed by atoms with Crippen molar-refractivity contribution in [2.45, 2.75) is 58.8 Å². The first kappa shape index (κ1) is 18.5. The normalized spacial score (nSPS) is 19.5. The number of carbonyl (C=O) groups excluding carboxylic acids is 2. The van der Waals surface area contributed by atoms with Crippen molar-refractivity contribution in [2.24, 2.45) is 0 Å². The molecule has 2 N–H and O–H groups in total. The first-order valence-electron chi connectivity index (χ1n) is 7.65. The highest BCUT2D eigenvalue weighted by molar-refractivity contribution is 5.70. The van der Waals surface area contributed by atoms with E-state index in [2.05, 4.69) is 10.6 Å². The third-order valence-electron chi connectivity index (χ3n) is 2.86. The average Bonchev–Trinajstić information content (AvgIpc) is 2.32. The fourth-order valence-electron chi connectivity index (χ4n) is 2.02. The molecule has 0 aliphatic carbocycles. The lowest BCUT2D eigenvalue weighted by Crippen LogP contribution is -2.58. The third-order valence-corrected chi connectivity index (χ3v) is 2.86. The molecule has 1 aliphatic rings. The van der Waals surface area contributed by atoms with Gasteiger partial charge in [-0.3, -0.25) is 0 Å². The van der Waals surface area contributed by atoms with Crippen molar-refractivity contribution in [2.75, 3.05) is 26.2 Å². The molecule has 7 nitrogen and oxygen atoms in total. The minimum atomic E-state index is -0.542. The van der Waals surface area contributed by atoms with E-state index in [-0.39, 0.29) is 12.1 Å². The maximum Gasteiger partial charge on any atom is 0.410 e. The first-order valence-corrected chi connectivity index (χ1v) is 7.65. The molecule has 1 saturated heterocycles. The van der Waals surface area contributed by atoms with Crippen molar-refractivity contribution in [1.82, 2.24) is 15.5 Å². The number of hydrogen-bond donors (Lipinski definition) is 2. The van der Waals surface area contributed by atoms with Gasteiger partial charge in [0.15, 0.2) is 0 Å². The Labute approximate surface area is 132 Å². The molecule has 1 atom stereocenters. The zero-order chi connectivity index (χ0) is 17.0. The van der Waals surface area contributed by atoms with Gasteiger partial charge in [-0.05, 0) is 41.5 Å². The summed E-state index contributed by atoms with van der Waals surface area (Å²) in [5, 5.41) is 5.92. The molecule has 22 heavy (non-hydrogen) atoms. The van der Waals surface area contributed by atoms with Gasteiger partial charge in [-0.2, -0.15) is 0 Å². The summed E-state index contributed by atoms with van der Waals surface area (Å²) in [6, 6.07) is -0.156. The van der Waals surface area contributed by atoms with Crippen molar-refractivity contribution < 1.29 is 19.1 Å². The third kappa shape index (κ3) is 6.98. The molecule has 0 aromatic carbocycles. The smallest absolute Gasteiger partial charge is 0.410 e. The topological polar surface area (TPSA) is 79.9 Å². The van der Waals surface area contributed by atoms with Crippen LogP contribution in [-0.2, 0) is 9.47 Å². The monoisotopic (exact) mass is 315 g/mol. The van der Waals surface area contributed by atoms with Crippen LogP contribution in [0.15, 0.2) is 0 Å². The fraction of sp³-hybridized carbons (Fsp3) is 0.867. The Morgan fingerprint density at radius 1 is 1.14 bits per heavy atom. The molecular formula is C15H29N3O4. The molecule has 0 aromatic heterocycles. The quantitative estimate of drug-likeness (QED) is 0.811. The van der Waals surface area contributed by atoms with E-state index < -0.39 is 17.3 Å². The maximum absolute atomic E-state index is 12.2. The summed E-state index contributed by atoms with van der Waals surface area (Å²) in [5.74, 6) is 0. The number of ether oxygens (including phenoxy) is 2. The van der Waals surface area contributed by atoms with E-state index in [9.17, 15) is 9.59 Å². The average molecular weight is 315 g/mol. The standard InChI is InChI=1S/C15H29N3O4/c1-14(2,3)21-12(19)17-10-11-9-16-7-8-18(11)13(20)22-15(4,5)6/h11,16H,7-10H2,1-6H3,(H,17,19)/t11-/m0/s1. The number of nitrogens with zero attached hydrogens (tertiary/aromatic N) is 1. The summed E-state index contributed by atoms with van der Waals surface area (Å²) in [7, 11) is 0. The highest BCUT2D eigenvalue weighted by Gasteiger charge is 2.30. The number of nitrogens with one attached hydrogen (secondary N) is 2. The lowest BCUT2D eigenvalue weighted by molar-refractivity contribution is 0.0107. The maximum atomic E-state index is 12.2. The van der Waals surface area contributed by atoms with Crippen LogP contribution >= 0.6 is 0 Å². The molecule has 2 amide bonds. The number of amides is 2. The van der Waals surface area contributed by atoms with Gasteiger partial charge in [0, 0.05) is 26.2 Å². The van der Waals surface area contributed by atoms with Gasteiger partial charge >= 0.3 is 12.2 Å². The highest BCUT2D eigenvalue weighted by Crippen LogP contribution is 2.13. The summed E-state index contributed by atoms with van der Waals surface area (Å²) in [5.41, 5.74) is -1.08. The van der Waals surface area contributed by atoms with Crippen LogP contribution < -0.4 is 10.6 Å². The van der Waals surface area contributed by atoms with E-state index >= 15 is 0 Å². The molecule has 1 fully saturated rings. The lowest BCUT2D eigenvalue weighted by atomic mass is 10.2. The molecule has 128 valence electrons. The van der Waals surface area contributed by atoms with Gasteiger partial charge in [-0.25, -0.2) is 9.59 Å². The number of rotatable bonds is 2. The largest absolute Gasteiger partial charge is 0.444 e. The molecule has 1 rings (SSSR count). The predicted molar refractivity (Wildman–Crippen MR) is 83.8 cm³/mol. The van der Waals surface area contributed by atoms with Crippen LogP contribution in [0, 0.1) is 0 Å². The zero-order valence-electron chi connectivity index (χ0n) is 14.5. The molecule has 1 aliphatic heterocycles. The van der Waals surface area contributed by atoms with Crippen molar-refractivity contribution in [1.29, 1.82) is 0 Å². The van der Waals surface area contributed by atoms with Crippen LogP contribution in [0.3, 0.4) is 0 Å². The molecule has 0 bridgehead atoms. The van der Waals surface area contributed by atoms with E-state index in [4.69, 9.17) is 9.47 Å². The van der Waals surface area contributed by atoms with Gasteiger partial charge in [0.25, 0.3) is 0 Å². The van der Waals surface area contributed by atoms with E-state index in [0.29, 0.717) is 26.2 Å². The molecule has 0 spiro atoms. The van der Waals surface area contributed by atoms with Crippen LogP contribution in [0.2, 0.25) is 0 Å². The Morgan fingerprint density at radius 3 is 2.27 bits per heavy atom. The van der Waals surface area contributed by atoms with Gasteiger partial charge in [-0.1, -0.05) is 0 Å². The van der Waals surface area contributed by atoms with E-state index in [1.165, 1.54) is 0 Å². The van der Waals surface area contributed by atoms with Gasteiger partial charge in [0.05, 0.1) is 6.04 Å². The van der Waals surface area contributed by atoms with Crippen molar-refractivity contribution in [3.8, 4) is 0 Å². The second kappa shape index (κ2) is 7.17. The molecular weight excluding hydrogens is 286 g/mol. The Balaban J connectivity index is 2.55. The molecule has 1 heterocycles. The number of alkyl carbamates (subject to hydrolysis) is 1. The highest BCUT2D eigenvalue weighted by atomic mass is 16.6. The van der Waals surface area contributed by atoms with Crippen molar-refractivity contribution >= 4 is 12.2 Å². The Morgan fingerprint density at radius 2 is 1.73 bits per heavy atom. The minimum absolute atomic E-state index is 0.156. The summed E-state index contributed by atoms with van der Waals surface area (Å²) in [6.07, 6.45) is -0.841. The predicted octanol–water partition coefficient (Wildman–Crippen LogP) is 1.72. The SMILES string of the molecule is CC(C)(C)OC(=O)NC[C@@H]1CNCCN1C(=O)OC(C)(C)C. The van der Waals surface area contributed by atoms with Crippen molar-refractivity contribution in [3.05, 3.63) is 0 Å². The first-order chi connectivity index (χ1) is 9.98. The molecule has 0 saturated carbocycles. The molecule has 0 aromatic rings. The number of hydrogen-bond acceptors (Lipinski definition) is 5. The van der Waals surface area contributed by atoms with Crippen molar-refractivity contribution in [3.63, 3.8) is 0 Å². The van der Waals surface area contributed by atoms with Crippen LogP contribution in [0.25, 0.3) is 0 Å². The summed E-state index contributed by atoms with van der Waals surface area (Å²) in [4.78, 5) is 25.6. The lowest BCUT2D eigenvalue weighted by Gasteiger charge is -2.37. The second-order valence-electron chi connectivity index (χ2n) is 7.41. The van der Waals surface area contributed by atoms with Gasteiger partial charge < -0.3 is 25.0 Å². The molecule has 0 unspecified atom stereocenters. The molecule has 0 radical (unpaired) electrons. The van der Waals surface area contributed by atoms with Crippen LogP contribution in [0.5, 0.6) is 0 Å². The number of carbonyl (C=O) groups is 2. The zero-order valence-corrected chi connectivity index (χ0v) is 14.5. The van der Waals surface area contributed by atoms with Crippen LogP contribution in [0.4, 0.5) is 9.59 Å². The Bertz CT molecular complexity index is 399. The van der Waals surface area contributed by atoms with Gasteiger partial charge in [0.2, 0.25) is 0 Å². The molecule has 7 heteroatoms. The van der Waals surface area contributed by atoms with Crippen LogP contribution in [-0.4, -0.2) is 60.5 Å².